The fourth-order valence-corrected chi connectivity index (χ4v) is 1.29. The molecule has 0 aliphatic carbocycles. The average Bonchev–Trinajstić information content (AvgIpc) is 2.04. The molecular weight excluding hydrogens is 260 g/mol. The summed E-state index contributed by atoms with van der Waals surface area (Å²) in [6, 6.07) is 0. The van der Waals surface area contributed by atoms with Crippen LogP contribution in [0.3, 0.4) is 0 Å². The molecule has 13 heavy (non-hydrogen) atoms. The van der Waals surface area contributed by atoms with Crippen LogP contribution in [0.4, 0.5) is 0 Å². The Labute approximate surface area is 108 Å². The molecule has 0 aromatic rings. The van der Waals surface area contributed by atoms with Crippen molar-refractivity contribution in [3.8, 4) is 0 Å². The summed E-state index contributed by atoms with van der Waals surface area (Å²) in [6.07, 6.45) is 0. The molecule has 2 N–H and O–H groups in total. The molecular formula is C8H18N2OPY+2. The minimum Gasteiger partial charge on any atom is -0.506 e. The molecule has 1 amide bonds. The Hall–Kier alpha value is 0.964. The van der Waals surface area contributed by atoms with Gasteiger partial charge in [0, 0.05) is 12.5 Å². The summed E-state index contributed by atoms with van der Waals surface area (Å²) < 4.78 is 0. The van der Waals surface area contributed by atoms with E-state index in [1.54, 1.807) is 13.5 Å². The first-order valence-corrected chi connectivity index (χ1v) is 4.78. The van der Waals surface area contributed by atoms with Gasteiger partial charge < -0.3 is 10.6 Å². The van der Waals surface area contributed by atoms with Gasteiger partial charge in [0.25, 0.3) is 0 Å². The molecule has 0 radical (unpaired) electrons. The zero-order valence-electron chi connectivity index (χ0n) is 8.50. The average molecular weight is 278 g/mol. The topological polar surface area (TPSA) is 41.1 Å². The van der Waals surface area contributed by atoms with Gasteiger partial charge in [-0.05, 0) is 12.7 Å². The van der Waals surface area contributed by atoms with E-state index in [-0.39, 0.29) is 50.2 Å². The predicted molar refractivity (Wildman–Crippen MR) is 54.7 cm³/mol. The van der Waals surface area contributed by atoms with E-state index in [1.165, 1.54) is 0 Å². The number of hydrogen-bond donors (Lipinski definition) is 2. The van der Waals surface area contributed by atoms with Crippen molar-refractivity contribution in [2.24, 2.45) is 5.92 Å². The predicted octanol–water partition coefficient (Wildman–Crippen LogP) is 0.381. The smallest absolute Gasteiger partial charge is 0.506 e. The van der Waals surface area contributed by atoms with Crippen LogP contribution in [0.2, 0.25) is 0 Å². The molecule has 0 aromatic carbocycles. The van der Waals surface area contributed by atoms with Crippen LogP contribution in [0.25, 0.3) is 0 Å². The Morgan fingerprint density at radius 1 is 1.62 bits per heavy atom. The normalized spacial score (nSPS) is 14.2. The van der Waals surface area contributed by atoms with E-state index < -0.39 is 0 Å². The maximum atomic E-state index is 11.3. The Morgan fingerprint density at radius 3 is 2.54 bits per heavy atom. The molecule has 0 aromatic heterocycles. The van der Waals surface area contributed by atoms with Crippen molar-refractivity contribution in [2.75, 3.05) is 13.6 Å². The second-order valence-corrected chi connectivity index (χ2v) is 3.66. The van der Waals surface area contributed by atoms with Crippen molar-refractivity contribution >= 4 is 15.1 Å². The second-order valence-electron chi connectivity index (χ2n) is 2.81. The van der Waals surface area contributed by atoms with Crippen molar-refractivity contribution in [1.82, 2.24) is 10.6 Å². The van der Waals surface area contributed by atoms with E-state index in [9.17, 15) is 4.79 Å². The monoisotopic (exact) mass is 278 g/mol. The molecule has 0 aliphatic rings. The van der Waals surface area contributed by atoms with Crippen molar-refractivity contribution in [3.05, 3.63) is 6.54 Å². The minimum atomic E-state index is 0. The SMILES string of the molecule is C[CH-]NC(=O)C(C)C(P)CNC.[Y+3]. The summed E-state index contributed by atoms with van der Waals surface area (Å²) in [4.78, 5) is 11.3. The Kier molecular flexibility index (Phi) is 12.0. The Balaban J connectivity index is 0. The van der Waals surface area contributed by atoms with Gasteiger partial charge in [-0.1, -0.05) is 6.92 Å². The van der Waals surface area contributed by atoms with Gasteiger partial charge >= 0.3 is 32.7 Å². The third kappa shape index (κ3) is 6.96. The van der Waals surface area contributed by atoms with Gasteiger partial charge in [-0.15, -0.1) is 9.24 Å². The molecule has 3 atom stereocenters. The van der Waals surface area contributed by atoms with Crippen LogP contribution in [-0.4, -0.2) is 25.2 Å². The molecule has 72 valence electrons. The number of amides is 1. The van der Waals surface area contributed by atoms with Crippen LogP contribution in [-0.2, 0) is 37.5 Å². The summed E-state index contributed by atoms with van der Waals surface area (Å²) >= 11 is 0. The van der Waals surface area contributed by atoms with E-state index >= 15 is 0 Å². The van der Waals surface area contributed by atoms with Crippen LogP contribution < -0.4 is 10.6 Å². The largest absolute Gasteiger partial charge is 3.00 e. The van der Waals surface area contributed by atoms with E-state index in [0.29, 0.717) is 0 Å². The quantitative estimate of drug-likeness (QED) is 0.564. The van der Waals surface area contributed by atoms with Gasteiger partial charge in [-0.3, -0.25) is 4.79 Å². The Bertz CT molecular complexity index is 146. The maximum Gasteiger partial charge on any atom is 3.00 e. The molecule has 0 saturated carbocycles. The maximum absolute atomic E-state index is 11.3. The zero-order valence-corrected chi connectivity index (χ0v) is 12.5. The molecule has 0 aliphatic heterocycles. The number of carbonyl (C=O) groups excluding carboxylic acids is 1. The van der Waals surface area contributed by atoms with Crippen LogP contribution in [0.1, 0.15) is 13.8 Å². The fraction of sp³-hybridized carbons (Fsp3) is 0.750. The summed E-state index contributed by atoms with van der Waals surface area (Å²) in [5.74, 6) is 0.103. The van der Waals surface area contributed by atoms with Gasteiger partial charge in [0.2, 0.25) is 0 Å². The molecule has 3 unspecified atom stereocenters. The number of hydrogen-bond acceptors (Lipinski definition) is 2. The van der Waals surface area contributed by atoms with Crippen molar-refractivity contribution in [1.29, 1.82) is 0 Å². The van der Waals surface area contributed by atoms with Crippen molar-refractivity contribution in [2.45, 2.75) is 19.5 Å². The number of carbonyl (C=O) groups is 1. The summed E-state index contributed by atoms with van der Waals surface area (Å²) in [6.45, 7) is 6.23. The molecule has 0 heterocycles. The molecule has 3 nitrogen and oxygen atoms in total. The first-order valence-electron chi connectivity index (χ1n) is 4.11. The van der Waals surface area contributed by atoms with Crippen LogP contribution in [0.5, 0.6) is 0 Å². The number of nitrogens with one attached hydrogen (secondary N) is 2. The first-order chi connectivity index (χ1) is 5.63. The van der Waals surface area contributed by atoms with Crippen LogP contribution in [0, 0.1) is 12.5 Å². The van der Waals surface area contributed by atoms with Gasteiger partial charge in [-0.2, -0.15) is 6.92 Å². The van der Waals surface area contributed by atoms with E-state index in [0.717, 1.165) is 6.54 Å². The summed E-state index contributed by atoms with van der Waals surface area (Å²) in [5.41, 5.74) is 0.287. The minimum absolute atomic E-state index is 0. The zero-order chi connectivity index (χ0) is 9.56. The fourth-order valence-electron chi connectivity index (χ4n) is 0.881. The van der Waals surface area contributed by atoms with Gasteiger partial charge in [-0.25, -0.2) is 6.54 Å². The van der Waals surface area contributed by atoms with E-state index in [2.05, 4.69) is 19.9 Å². The van der Waals surface area contributed by atoms with Gasteiger partial charge in [0.15, 0.2) is 5.91 Å². The van der Waals surface area contributed by atoms with E-state index in [1.807, 2.05) is 14.0 Å². The first kappa shape index (κ1) is 16.4. The summed E-state index contributed by atoms with van der Waals surface area (Å²) in [7, 11) is 4.56. The van der Waals surface area contributed by atoms with Gasteiger partial charge in [0.05, 0.1) is 0 Å². The second kappa shape index (κ2) is 9.52. The van der Waals surface area contributed by atoms with Crippen LogP contribution in [0.15, 0.2) is 0 Å². The molecule has 0 spiro atoms. The van der Waals surface area contributed by atoms with Crippen molar-refractivity contribution < 1.29 is 37.5 Å². The Morgan fingerprint density at radius 2 is 2.15 bits per heavy atom. The summed E-state index contributed by atoms with van der Waals surface area (Å²) in [5, 5.41) is 5.71. The van der Waals surface area contributed by atoms with Gasteiger partial charge in [0.1, 0.15) is 0 Å². The standard InChI is InChI=1S/C8H18N2OP.Y/c1-4-10-8(11)6(2)7(12)5-9-3;/h4,6-7,9H,5,12H2,1-3H3,(H,10,11);/q-1;+3. The van der Waals surface area contributed by atoms with E-state index in [4.69, 9.17) is 0 Å². The van der Waals surface area contributed by atoms with Crippen LogP contribution >= 0.6 is 9.24 Å². The molecule has 0 bridgehead atoms. The molecule has 5 heteroatoms. The number of rotatable bonds is 5. The molecule has 0 saturated heterocycles. The molecule has 0 fully saturated rings. The third-order valence-corrected chi connectivity index (χ3v) is 2.60. The third-order valence-electron chi connectivity index (χ3n) is 1.78. The van der Waals surface area contributed by atoms with Crippen molar-refractivity contribution in [3.63, 3.8) is 0 Å². The molecule has 0 rings (SSSR count).